The van der Waals surface area contributed by atoms with Crippen LogP contribution in [-0.4, -0.2) is 35.1 Å². The maximum Gasteiger partial charge on any atom is 0.356 e. The lowest BCUT2D eigenvalue weighted by Crippen LogP contribution is -2.50. The lowest BCUT2D eigenvalue weighted by molar-refractivity contribution is -0.177. The van der Waals surface area contributed by atoms with Crippen molar-refractivity contribution < 1.29 is 38.1 Å². The third-order valence-corrected chi connectivity index (χ3v) is 10.1. The molecule has 1 aromatic carbocycles. The van der Waals surface area contributed by atoms with Crippen LogP contribution in [0.3, 0.4) is 0 Å². The van der Waals surface area contributed by atoms with Crippen LogP contribution in [0.4, 0.5) is 0 Å². The first-order valence-corrected chi connectivity index (χ1v) is 11.7. The molecular formula is C26H30O8. The molecule has 4 atom stereocenters. The molecule has 0 N–H and O–H groups in total. The first kappa shape index (κ1) is 22.9. The van der Waals surface area contributed by atoms with E-state index in [1.165, 1.54) is 12.1 Å². The second-order valence-electron chi connectivity index (χ2n) is 11.6. The van der Waals surface area contributed by atoms with Crippen molar-refractivity contribution in [2.75, 3.05) is 0 Å². The van der Waals surface area contributed by atoms with E-state index in [9.17, 15) is 19.2 Å². The molecule has 182 valence electrons. The van der Waals surface area contributed by atoms with E-state index in [4.69, 9.17) is 18.9 Å². The van der Waals surface area contributed by atoms with Crippen molar-refractivity contribution in [3.63, 3.8) is 0 Å². The lowest BCUT2D eigenvalue weighted by Gasteiger charge is -2.35. The standard InChI is InChI=1S/C26H30O8/c1-21(2)23(5)11-13-25(21,33-17(23)27)19(29)31-15-9-7-8-10-16(15)32-20(30)26-14-12-24(6,18(28)34-26)22(26,3)4/h7-10H,11-14H2,1-6H3. The zero-order chi connectivity index (χ0) is 24.9. The minimum Gasteiger partial charge on any atom is -0.446 e. The summed E-state index contributed by atoms with van der Waals surface area (Å²) in [5, 5.41) is 0. The van der Waals surface area contributed by atoms with Gasteiger partial charge >= 0.3 is 23.9 Å². The Morgan fingerprint density at radius 2 is 1.03 bits per heavy atom. The fourth-order valence-corrected chi connectivity index (χ4v) is 6.39. The number of fused-ring (bicyclic) bond motifs is 4. The summed E-state index contributed by atoms with van der Waals surface area (Å²) >= 11 is 0. The normalized spacial score (nSPS) is 38.4. The molecule has 0 aromatic heterocycles. The number of hydrogen-bond donors (Lipinski definition) is 0. The molecule has 2 aliphatic heterocycles. The Bertz CT molecular complexity index is 1060. The summed E-state index contributed by atoms with van der Waals surface area (Å²) in [6, 6.07) is 6.31. The first-order valence-electron chi connectivity index (χ1n) is 11.7. The maximum atomic E-state index is 13.4. The van der Waals surface area contributed by atoms with E-state index in [2.05, 4.69) is 0 Å². The number of esters is 4. The van der Waals surface area contributed by atoms with Crippen LogP contribution in [0.1, 0.15) is 67.2 Å². The fraction of sp³-hybridized carbons (Fsp3) is 0.615. The van der Waals surface area contributed by atoms with E-state index in [0.717, 1.165) is 0 Å². The summed E-state index contributed by atoms with van der Waals surface area (Å²) in [6.45, 7) is 11.0. The summed E-state index contributed by atoms with van der Waals surface area (Å²) in [6.07, 6.45) is 1.75. The highest BCUT2D eigenvalue weighted by atomic mass is 16.6. The molecule has 4 bridgehead atoms. The Kier molecular flexibility index (Phi) is 4.31. The summed E-state index contributed by atoms with van der Waals surface area (Å²) in [5.41, 5.74) is -5.91. The largest absolute Gasteiger partial charge is 0.446 e. The van der Waals surface area contributed by atoms with Crippen LogP contribution in [0.25, 0.3) is 0 Å². The Morgan fingerprint density at radius 1 is 0.676 bits per heavy atom. The van der Waals surface area contributed by atoms with Crippen molar-refractivity contribution >= 4 is 23.9 Å². The molecule has 5 rings (SSSR count). The van der Waals surface area contributed by atoms with Gasteiger partial charge in [0.1, 0.15) is 0 Å². The molecule has 4 aliphatic rings. The number of benzene rings is 1. The van der Waals surface area contributed by atoms with E-state index in [1.807, 2.05) is 41.5 Å². The van der Waals surface area contributed by atoms with E-state index in [0.29, 0.717) is 25.7 Å². The molecule has 1 aromatic rings. The first-order chi connectivity index (χ1) is 15.7. The van der Waals surface area contributed by atoms with Crippen LogP contribution in [0, 0.1) is 21.7 Å². The van der Waals surface area contributed by atoms with E-state index < -0.39 is 56.7 Å². The van der Waals surface area contributed by atoms with Crippen molar-refractivity contribution in [3.05, 3.63) is 24.3 Å². The van der Waals surface area contributed by atoms with Gasteiger partial charge in [0.15, 0.2) is 11.5 Å². The Hall–Kier alpha value is -2.90. The molecule has 34 heavy (non-hydrogen) atoms. The van der Waals surface area contributed by atoms with Gasteiger partial charge in [-0.25, -0.2) is 9.59 Å². The van der Waals surface area contributed by atoms with Gasteiger partial charge < -0.3 is 18.9 Å². The van der Waals surface area contributed by atoms with Gasteiger partial charge in [-0.2, -0.15) is 0 Å². The molecule has 2 aliphatic carbocycles. The SMILES string of the molecule is CC12CCC(C(=O)Oc3ccccc3OC(=O)C34CCC(C)(C(=O)O3)C4(C)C)(OC1=O)C2(C)C. The van der Waals surface area contributed by atoms with E-state index >= 15 is 0 Å². The van der Waals surface area contributed by atoms with Crippen LogP contribution < -0.4 is 9.47 Å². The zero-order valence-electron chi connectivity index (χ0n) is 20.4. The average Bonchev–Trinajstić information content (AvgIpc) is 3.23. The van der Waals surface area contributed by atoms with Gasteiger partial charge in [-0.1, -0.05) is 39.8 Å². The predicted octanol–water partition coefficient (Wildman–Crippen LogP) is 3.74. The fourth-order valence-electron chi connectivity index (χ4n) is 6.39. The highest BCUT2D eigenvalue weighted by Crippen LogP contribution is 2.67. The van der Waals surface area contributed by atoms with E-state index in [-0.39, 0.29) is 11.5 Å². The van der Waals surface area contributed by atoms with Gasteiger partial charge in [0, 0.05) is 10.8 Å². The van der Waals surface area contributed by atoms with Gasteiger partial charge in [0.05, 0.1) is 10.8 Å². The Morgan fingerprint density at radius 3 is 1.29 bits per heavy atom. The number of hydrogen-bond acceptors (Lipinski definition) is 8. The van der Waals surface area contributed by atoms with Gasteiger partial charge in [-0.15, -0.1) is 0 Å². The molecular weight excluding hydrogens is 440 g/mol. The van der Waals surface area contributed by atoms with Crippen molar-refractivity contribution in [3.8, 4) is 11.5 Å². The maximum absolute atomic E-state index is 13.4. The average molecular weight is 471 g/mol. The summed E-state index contributed by atoms with van der Waals surface area (Å²) in [5.74, 6) is -2.16. The Labute approximate surface area is 198 Å². The summed E-state index contributed by atoms with van der Waals surface area (Å²) < 4.78 is 22.6. The number of carbonyl (C=O) groups is 4. The topological polar surface area (TPSA) is 105 Å². The van der Waals surface area contributed by atoms with Crippen molar-refractivity contribution in [2.24, 2.45) is 21.7 Å². The van der Waals surface area contributed by atoms with Crippen molar-refractivity contribution in [2.45, 2.75) is 78.4 Å². The molecule has 0 radical (unpaired) electrons. The molecule has 2 saturated carbocycles. The van der Waals surface area contributed by atoms with Crippen LogP contribution in [0.15, 0.2) is 24.3 Å². The van der Waals surface area contributed by atoms with Crippen molar-refractivity contribution in [1.29, 1.82) is 0 Å². The number of para-hydroxylation sites is 2. The molecule has 8 nitrogen and oxygen atoms in total. The van der Waals surface area contributed by atoms with Crippen LogP contribution >= 0.6 is 0 Å². The van der Waals surface area contributed by atoms with Crippen molar-refractivity contribution in [1.82, 2.24) is 0 Å². The minimum absolute atomic E-state index is 0.0295. The smallest absolute Gasteiger partial charge is 0.356 e. The lowest BCUT2D eigenvalue weighted by atomic mass is 9.66. The van der Waals surface area contributed by atoms with Gasteiger partial charge in [-0.05, 0) is 51.7 Å². The summed E-state index contributed by atoms with van der Waals surface area (Å²) in [4.78, 5) is 51.9. The monoisotopic (exact) mass is 470 g/mol. The van der Waals surface area contributed by atoms with Gasteiger partial charge in [0.25, 0.3) is 0 Å². The molecule has 2 heterocycles. The highest BCUT2D eigenvalue weighted by Gasteiger charge is 2.77. The van der Waals surface area contributed by atoms with E-state index in [1.54, 1.807) is 12.1 Å². The second-order valence-corrected chi connectivity index (χ2v) is 11.6. The molecule has 2 saturated heterocycles. The van der Waals surface area contributed by atoms with Crippen LogP contribution in [0.2, 0.25) is 0 Å². The highest BCUT2D eigenvalue weighted by molar-refractivity contribution is 5.96. The van der Waals surface area contributed by atoms with Crippen LogP contribution in [-0.2, 0) is 28.7 Å². The Balaban J connectivity index is 1.42. The zero-order valence-corrected chi connectivity index (χ0v) is 20.4. The number of ether oxygens (including phenoxy) is 4. The predicted molar refractivity (Wildman–Crippen MR) is 118 cm³/mol. The molecule has 8 heteroatoms. The number of carbonyl (C=O) groups excluding carboxylic acids is 4. The van der Waals surface area contributed by atoms with Gasteiger partial charge in [-0.3, -0.25) is 9.59 Å². The second kappa shape index (κ2) is 6.40. The van der Waals surface area contributed by atoms with Crippen LogP contribution in [0.5, 0.6) is 11.5 Å². The quantitative estimate of drug-likeness (QED) is 0.484. The minimum atomic E-state index is -1.41. The third kappa shape index (κ3) is 2.29. The van der Waals surface area contributed by atoms with Gasteiger partial charge in [0.2, 0.25) is 11.2 Å². The molecule has 0 amide bonds. The molecule has 4 unspecified atom stereocenters. The molecule has 4 fully saturated rings. The number of rotatable bonds is 4. The summed E-state index contributed by atoms with van der Waals surface area (Å²) in [7, 11) is 0. The molecule has 0 spiro atoms. The third-order valence-electron chi connectivity index (χ3n) is 10.1.